The number of nitrogens with zero attached hydrogens (tertiary/aromatic N) is 1. The summed E-state index contributed by atoms with van der Waals surface area (Å²) in [6.45, 7) is 2.24. The number of aryl methyl sites for hydroxylation is 1. The minimum atomic E-state index is -3.93. The molecule has 0 aliphatic carbocycles. The summed E-state index contributed by atoms with van der Waals surface area (Å²) in [5.74, 6) is -1.66. The van der Waals surface area contributed by atoms with Gasteiger partial charge in [0.25, 0.3) is 5.91 Å². The van der Waals surface area contributed by atoms with Crippen LogP contribution in [-0.2, 0) is 34.4 Å². The Morgan fingerprint density at radius 2 is 1.66 bits per heavy atom. The highest BCUT2D eigenvalue weighted by Crippen LogP contribution is 2.22. The average molecular weight is 484 g/mol. The number of nitrogens with one attached hydrogen (secondary N) is 2. The minimum absolute atomic E-state index is 0.0137. The number of sulfonamides is 2. The Bertz CT molecular complexity index is 1190. The van der Waals surface area contributed by atoms with Crippen molar-refractivity contribution in [1.82, 2.24) is 9.03 Å². The number of anilines is 1. The Hall–Kier alpha value is -2.80. The van der Waals surface area contributed by atoms with Gasteiger partial charge in [-0.25, -0.2) is 21.1 Å². The standard InChI is InChI=1S/C20H25N3O7S2/c1-14-10-11-16(12-18(14)32(28,29)23(3)4)21-19(24)13-30-20(25)15(2)22-31(26,27)17-8-6-5-7-9-17/h5-12,15,22H,13H2,1-4H3,(H,21,24)/t15-/m0/s1. The predicted molar refractivity (Wildman–Crippen MR) is 118 cm³/mol. The van der Waals surface area contributed by atoms with Gasteiger partial charge in [-0.2, -0.15) is 4.72 Å². The van der Waals surface area contributed by atoms with E-state index in [9.17, 15) is 26.4 Å². The Morgan fingerprint density at radius 1 is 1.03 bits per heavy atom. The van der Waals surface area contributed by atoms with Crippen molar-refractivity contribution in [3.05, 3.63) is 54.1 Å². The van der Waals surface area contributed by atoms with Gasteiger partial charge in [0.2, 0.25) is 20.0 Å². The van der Waals surface area contributed by atoms with Crippen LogP contribution in [0.15, 0.2) is 58.3 Å². The molecule has 32 heavy (non-hydrogen) atoms. The van der Waals surface area contributed by atoms with Gasteiger partial charge < -0.3 is 10.1 Å². The third-order valence-electron chi connectivity index (χ3n) is 4.32. The summed E-state index contributed by atoms with van der Waals surface area (Å²) in [5.41, 5.74) is 0.706. The maximum absolute atomic E-state index is 12.4. The SMILES string of the molecule is Cc1ccc(NC(=O)COC(=O)[C@H](C)NS(=O)(=O)c2ccccc2)cc1S(=O)(=O)N(C)C. The molecule has 0 unspecified atom stereocenters. The number of amides is 1. The van der Waals surface area contributed by atoms with Gasteiger partial charge in [-0.3, -0.25) is 9.59 Å². The second-order valence-electron chi connectivity index (χ2n) is 7.08. The minimum Gasteiger partial charge on any atom is -0.454 e. The third-order valence-corrected chi connectivity index (χ3v) is 7.83. The fourth-order valence-electron chi connectivity index (χ4n) is 2.56. The molecule has 0 saturated heterocycles. The summed E-state index contributed by atoms with van der Waals surface area (Å²) < 4.78 is 57.4. The van der Waals surface area contributed by atoms with E-state index < -0.39 is 44.6 Å². The molecule has 0 aromatic heterocycles. The van der Waals surface area contributed by atoms with E-state index in [2.05, 4.69) is 10.0 Å². The number of hydrogen-bond donors (Lipinski definition) is 2. The zero-order valence-electron chi connectivity index (χ0n) is 18.0. The lowest BCUT2D eigenvalue weighted by molar-refractivity contribution is -0.148. The fourth-order valence-corrected chi connectivity index (χ4v) is 4.92. The summed E-state index contributed by atoms with van der Waals surface area (Å²) >= 11 is 0. The number of ether oxygens (including phenoxy) is 1. The van der Waals surface area contributed by atoms with Crippen LogP contribution in [0, 0.1) is 6.92 Å². The van der Waals surface area contributed by atoms with Crippen molar-refractivity contribution in [3.63, 3.8) is 0 Å². The summed E-state index contributed by atoms with van der Waals surface area (Å²) in [6.07, 6.45) is 0. The molecule has 2 rings (SSSR count). The highest BCUT2D eigenvalue weighted by molar-refractivity contribution is 7.89. The molecule has 0 heterocycles. The van der Waals surface area contributed by atoms with Crippen molar-refractivity contribution in [3.8, 4) is 0 Å². The highest BCUT2D eigenvalue weighted by atomic mass is 32.2. The van der Waals surface area contributed by atoms with E-state index in [1.165, 1.54) is 45.3 Å². The van der Waals surface area contributed by atoms with Crippen molar-refractivity contribution >= 4 is 37.6 Å². The van der Waals surface area contributed by atoms with Crippen molar-refractivity contribution in [2.75, 3.05) is 26.0 Å². The fraction of sp³-hybridized carbons (Fsp3) is 0.300. The van der Waals surface area contributed by atoms with Crippen LogP contribution in [0.3, 0.4) is 0 Å². The van der Waals surface area contributed by atoms with Crippen LogP contribution in [0.1, 0.15) is 12.5 Å². The molecule has 10 nitrogen and oxygen atoms in total. The molecule has 0 bridgehead atoms. The number of rotatable bonds is 9. The van der Waals surface area contributed by atoms with Crippen LogP contribution in [-0.4, -0.2) is 59.8 Å². The van der Waals surface area contributed by atoms with Crippen LogP contribution in [0.25, 0.3) is 0 Å². The number of carbonyl (C=O) groups is 2. The molecule has 174 valence electrons. The average Bonchev–Trinajstić information content (AvgIpc) is 2.73. The van der Waals surface area contributed by atoms with E-state index in [0.717, 1.165) is 4.31 Å². The largest absolute Gasteiger partial charge is 0.454 e. The first-order chi connectivity index (χ1) is 14.8. The Kier molecular flexibility index (Phi) is 8.13. The molecular formula is C20H25N3O7S2. The zero-order chi connectivity index (χ0) is 24.1. The number of carbonyl (C=O) groups excluding carboxylic acids is 2. The van der Waals surface area contributed by atoms with Gasteiger partial charge in [0.05, 0.1) is 9.79 Å². The molecule has 0 saturated carbocycles. The molecule has 0 radical (unpaired) electrons. The van der Waals surface area contributed by atoms with Crippen LogP contribution in [0.2, 0.25) is 0 Å². The summed E-state index contributed by atoms with van der Waals surface area (Å²) in [6, 6.07) is 10.6. The quantitative estimate of drug-likeness (QED) is 0.509. The number of hydrogen-bond acceptors (Lipinski definition) is 7. The molecule has 2 N–H and O–H groups in total. The molecule has 0 spiro atoms. The number of benzene rings is 2. The smallest absolute Gasteiger partial charge is 0.324 e. The van der Waals surface area contributed by atoms with Gasteiger partial charge >= 0.3 is 5.97 Å². The van der Waals surface area contributed by atoms with Gasteiger partial charge in [0.1, 0.15) is 6.04 Å². The molecule has 0 aliphatic heterocycles. The van der Waals surface area contributed by atoms with Crippen molar-refractivity contribution < 1.29 is 31.2 Å². The van der Waals surface area contributed by atoms with Gasteiger partial charge in [0, 0.05) is 19.8 Å². The molecule has 2 aromatic carbocycles. The van der Waals surface area contributed by atoms with E-state index >= 15 is 0 Å². The Labute approximate surface area is 187 Å². The second kappa shape index (κ2) is 10.2. The van der Waals surface area contributed by atoms with E-state index in [1.54, 1.807) is 31.2 Å². The summed E-state index contributed by atoms with van der Waals surface area (Å²) in [4.78, 5) is 24.3. The second-order valence-corrected chi connectivity index (χ2v) is 10.9. The molecule has 0 fully saturated rings. The zero-order valence-corrected chi connectivity index (χ0v) is 19.7. The van der Waals surface area contributed by atoms with Gasteiger partial charge in [0.15, 0.2) is 6.61 Å². The molecule has 0 aliphatic rings. The molecule has 1 amide bonds. The van der Waals surface area contributed by atoms with Crippen molar-refractivity contribution in [2.24, 2.45) is 0 Å². The van der Waals surface area contributed by atoms with Gasteiger partial charge in [-0.15, -0.1) is 0 Å². The van der Waals surface area contributed by atoms with E-state index in [0.29, 0.717) is 5.56 Å². The lowest BCUT2D eigenvalue weighted by Gasteiger charge is -2.16. The highest BCUT2D eigenvalue weighted by Gasteiger charge is 2.24. The lowest BCUT2D eigenvalue weighted by Crippen LogP contribution is -2.40. The molecule has 2 aromatic rings. The normalized spacial score (nSPS) is 12.9. The predicted octanol–water partition coefficient (Wildman–Crippen LogP) is 1.09. The Balaban J connectivity index is 1.98. The summed E-state index contributed by atoms with van der Waals surface area (Å²) in [5, 5.41) is 2.45. The third kappa shape index (κ3) is 6.36. The van der Waals surface area contributed by atoms with Gasteiger partial charge in [-0.05, 0) is 43.7 Å². The first kappa shape index (κ1) is 25.5. The topological polar surface area (TPSA) is 139 Å². The summed E-state index contributed by atoms with van der Waals surface area (Å²) in [7, 11) is -4.85. The van der Waals surface area contributed by atoms with Crippen LogP contribution < -0.4 is 10.0 Å². The first-order valence-corrected chi connectivity index (χ1v) is 12.3. The van der Waals surface area contributed by atoms with E-state index in [1.807, 2.05) is 0 Å². The van der Waals surface area contributed by atoms with Gasteiger partial charge in [-0.1, -0.05) is 24.3 Å². The maximum Gasteiger partial charge on any atom is 0.324 e. The van der Waals surface area contributed by atoms with Crippen LogP contribution in [0.5, 0.6) is 0 Å². The van der Waals surface area contributed by atoms with Crippen molar-refractivity contribution in [2.45, 2.75) is 29.7 Å². The van der Waals surface area contributed by atoms with E-state index in [-0.39, 0.29) is 15.5 Å². The first-order valence-electron chi connectivity index (χ1n) is 9.41. The monoisotopic (exact) mass is 483 g/mol. The van der Waals surface area contributed by atoms with Crippen LogP contribution in [0.4, 0.5) is 5.69 Å². The molecule has 12 heteroatoms. The maximum atomic E-state index is 12.4. The number of esters is 1. The van der Waals surface area contributed by atoms with E-state index in [4.69, 9.17) is 4.74 Å². The van der Waals surface area contributed by atoms with Crippen molar-refractivity contribution in [1.29, 1.82) is 0 Å². The molecular weight excluding hydrogens is 458 g/mol. The molecule has 1 atom stereocenters. The Morgan fingerprint density at radius 3 is 2.25 bits per heavy atom. The lowest BCUT2D eigenvalue weighted by atomic mass is 10.2. The van der Waals surface area contributed by atoms with Crippen LogP contribution >= 0.6 is 0 Å².